The average Bonchev–Trinajstić information content (AvgIpc) is 2.54. The van der Waals surface area contributed by atoms with E-state index in [0.717, 1.165) is 6.07 Å². The Balaban J connectivity index is 2.38. The minimum Gasteiger partial charge on any atom is -0.497 e. The third-order valence-electron chi connectivity index (χ3n) is 3.20. The first-order chi connectivity index (χ1) is 11.0. The van der Waals surface area contributed by atoms with Gasteiger partial charge in [0.2, 0.25) is 0 Å². The predicted molar refractivity (Wildman–Crippen MR) is 85.4 cm³/mol. The standard InChI is InChI=1S/C18H17FO4/c1-11(2)18(20)23-13-6-7-14(16(19)9-13)15-8-5-12(21-3)10-17(15)22-4/h5-10H,1H2,2-4H3. The Morgan fingerprint density at radius 1 is 1.00 bits per heavy atom. The van der Waals surface area contributed by atoms with Gasteiger partial charge in [0.1, 0.15) is 23.1 Å². The highest BCUT2D eigenvalue weighted by molar-refractivity contribution is 5.88. The van der Waals surface area contributed by atoms with E-state index in [1.807, 2.05) is 0 Å². The van der Waals surface area contributed by atoms with Crippen LogP contribution in [0.15, 0.2) is 48.6 Å². The zero-order chi connectivity index (χ0) is 17.0. The van der Waals surface area contributed by atoms with E-state index < -0.39 is 11.8 Å². The third kappa shape index (κ3) is 3.69. The van der Waals surface area contributed by atoms with E-state index in [1.165, 1.54) is 26.2 Å². The first-order valence-electron chi connectivity index (χ1n) is 6.86. The molecule has 5 heteroatoms. The molecule has 0 spiro atoms. The topological polar surface area (TPSA) is 44.8 Å². The summed E-state index contributed by atoms with van der Waals surface area (Å²) < 4.78 is 29.8. The van der Waals surface area contributed by atoms with Crippen LogP contribution in [0.2, 0.25) is 0 Å². The van der Waals surface area contributed by atoms with E-state index in [2.05, 4.69) is 6.58 Å². The predicted octanol–water partition coefficient (Wildman–Crippen LogP) is 3.99. The normalized spacial score (nSPS) is 10.1. The minimum absolute atomic E-state index is 0.117. The first-order valence-corrected chi connectivity index (χ1v) is 6.86. The smallest absolute Gasteiger partial charge is 0.338 e. The number of hydrogen-bond acceptors (Lipinski definition) is 4. The molecule has 0 bridgehead atoms. The second kappa shape index (κ2) is 6.96. The Kier molecular flexibility index (Phi) is 5.01. The van der Waals surface area contributed by atoms with Gasteiger partial charge in [0.25, 0.3) is 0 Å². The monoisotopic (exact) mass is 316 g/mol. The summed E-state index contributed by atoms with van der Waals surface area (Å²) in [5.41, 5.74) is 1.15. The molecule has 120 valence electrons. The lowest BCUT2D eigenvalue weighted by Gasteiger charge is -2.12. The number of hydrogen-bond donors (Lipinski definition) is 0. The van der Waals surface area contributed by atoms with Crippen molar-refractivity contribution in [2.24, 2.45) is 0 Å². The highest BCUT2D eigenvalue weighted by Gasteiger charge is 2.14. The van der Waals surface area contributed by atoms with Gasteiger partial charge in [-0.05, 0) is 31.2 Å². The zero-order valence-corrected chi connectivity index (χ0v) is 13.2. The second-order valence-corrected chi connectivity index (χ2v) is 4.88. The molecule has 0 aromatic heterocycles. The fourth-order valence-electron chi connectivity index (χ4n) is 1.99. The molecular weight excluding hydrogens is 299 g/mol. The van der Waals surface area contributed by atoms with Crippen LogP contribution in [0.4, 0.5) is 4.39 Å². The molecule has 0 N–H and O–H groups in total. The fourth-order valence-corrected chi connectivity index (χ4v) is 1.99. The molecule has 0 radical (unpaired) electrons. The molecule has 0 aliphatic rings. The molecule has 23 heavy (non-hydrogen) atoms. The van der Waals surface area contributed by atoms with E-state index in [0.29, 0.717) is 22.6 Å². The van der Waals surface area contributed by atoms with Gasteiger partial charge in [0, 0.05) is 28.8 Å². The highest BCUT2D eigenvalue weighted by Crippen LogP contribution is 2.35. The number of ether oxygens (including phenoxy) is 3. The molecular formula is C18H17FO4. The number of carbonyl (C=O) groups is 1. The van der Waals surface area contributed by atoms with Crippen molar-refractivity contribution in [3.05, 3.63) is 54.4 Å². The van der Waals surface area contributed by atoms with Crippen molar-refractivity contribution in [1.82, 2.24) is 0 Å². The Morgan fingerprint density at radius 3 is 2.22 bits per heavy atom. The molecule has 0 amide bonds. The number of rotatable bonds is 5. The van der Waals surface area contributed by atoms with Crippen molar-refractivity contribution >= 4 is 5.97 Å². The van der Waals surface area contributed by atoms with E-state index in [-0.39, 0.29) is 11.3 Å². The van der Waals surface area contributed by atoms with Gasteiger partial charge in [0.05, 0.1) is 14.2 Å². The van der Waals surface area contributed by atoms with Crippen molar-refractivity contribution < 1.29 is 23.4 Å². The molecule has 0 aliphatic heterocycles. The van der Waals surface area contributed by atoms with Gasteiger partial charge in [-0.25, -0.2) is 9.18 Å². The lowest BCUT2D eigenvalue weighted by atomic mass is 10.0. The highest BCUT2D eigenvalue weighted by atomic mass is 19.1. The van der Waals surface area contributed by atoms with Crippen LogP contribution in [0.25, 0.3) is 11.1 Å². The van der Waals surface area contributed by atoms with Crippen molar-refractivity contribution in [1.29, 1.82) is 0 Å². The van der Waals surface area contributed by atoms with Crippen LogP contribution in [0.1, 0.15) is 6.92 Å². The van der Waals surface area contributed by atoms with E-state index >= 15 is 0 Å². The lowest BCUT2D eigenvalue weighted by Crippen LogP contribution is -2.08. The van der Waals surface area contributed by atoms with Crippen LogP contribution in [0.3, 0.4) is 0 Å². The van der Waals surface area contributed by atoms with Crippen LogP contribution >= 0.6 is 0 Å². The van der Waals surface area contributed by atoms with Gasteiger partial charge in [0.15, 0.2) is 0 Å². The lowest BCUT2D eigenvalue weighted by molar-refractivity contribution is -0.130. The number of carbonyl (C=O) groups excluding carboxylic acids is 1. The van der Waals surface area contributed by atoms with Crippen LogP contribution in [-0.2, 0) is 4.79 Å². The number of esters is 1. The van der Waals surface area contributed by atoms with Gasteiger partial charge >= 0.3 is 5.97 Å². The summed E-state index contributed by atoms with van der Waals surface area (Å²) in [6.07, 6.45) is 0. The fraction of sp³-hybridized carbons (Fsp3) is 0.167. The Hall–Kier alpha value is -2.82. The van der Waals surface area contributed by atoms with Crippen LogP contribution in [0, 0.1) is 5.82 Å². The molecule has 2 aromatic rings. The number of halogens is 1. The molecule has 0 unspecified atom stereocenters. The van der Waals surface area contributed by atoms with Crippen molar-refractivity contribution in [3.8, 4) is 28.4 Å². The molecule has 2 aromatic carbocycles. The Labute approximate surface area is 134 Å². The van der Waals surface area contributed by atoms with Gasteiger partial charge in [-0.3, -0.25) is 0 Å². The maximum absolute atomic E-state index is 14.4. The van der Waals surface area contributed by atoms with Gasteiger partial charge < -0.3 is 14.2 Å². The van der Waals surface area contributed by atoms with E-state index in [4.69, 9.17) is 14.2 Å². The van der Waals surface area contributed by atoms with Crippen LogP contribution in [0.5, 0.6) is 17.2 Å². The summed E-state index contributed by atoms with van der Waals surface area (Å²) in [4.78, 5) is 11.5. The van der Waals surface area contributed by atoms with Gasteiger partial charge in [-0.2, -0.15) is 0 Å². The second-order valence-electron chi connectivity index (χ2n) is 4.88. The summed E-state index contributed by atoms with van der Waals surface area (Å²) >= 11 is 0. The summed E-state index contributed by atoms with van der Waals surface area (Å²) in [6, 6.07) is 9.29. The quantitative estimate of drug-likeness (QED) is 0.475. The van der Waals surface area contributed by atoms with Crippen LogP contribution in [-0.4, -0.2) is 20.2 Å². The molecule has 0 saturated carbocycles. The van der Waals surface area contributed by atoms with Gasteiger partial charge in [-0.15, -0.1) is 0 Å². The maximum Gasteiger partial charge on any atom is 0.338 e. The average molecular weight is 316 g/mol. The Morgan fingerprint density at radius 2 is 1.65 bits per heavy atom. The van der Waals surface area contributed by atoms with Crippen molar-refractivity contribution in [2.75, 3.05) is 14.2 Å². The molecule has 0 atom stereocenters. The molecule has 4 nitrogen and oxygen atoms in total. The van der Waals surface area contributed by atoms with Crippen molar-refractivity contribution in [3.63, 3.8) is 0 Å². The largest absolute Gasteiger partial charge is 0.497 e. The minimum atomic E-state index is -0.598. The molecule has 0 aliphatic carbocycles. The molecule has 0 saturated heterocycles. The van der Waals surface area contributed by atoms with Crippen molar-refractivity contribution in [2.45, 2.75) is 6.92 Å². The van der Waals surface area contributed by atoms with Gasteiger partial charge in [-0.1, -0.05) is 6.58 Å². The number of benzene rings is 2. The third-order valence-corrected chi connectivity index (χ3v) is 3.20. The summed E-state index contributed by atoms with van der Waals surface area (Å²) in [5, 5.41) is 0. The number of methoxy groups -OCH3 is 2. The molecule has 0 fully saturated rings. The molecule has 0 heterocycles. The molecule has 2 rings (SSSR count). The SMILES string of the molecule is C=C(C)C(=O)Oc1ccc(-c2ccc(OC)cc2OC)c(F)c1. The summed E-state index contributed by atoms with van der Waals surface area (Å²) in [6.45, 7) is 5.00. The van der Waals surface area contributed by atoms with E-state index in [9.17, 15) is 9.18 Å². The maximum atomic E-state index is 14.4. The zero-order valence-electron chi connectivity index (χ0n) is 13.2. The first kappa shape index (κ1) is 16.5. The van der Waals surface area contributed by atoms with Crippen LogP contribution < -0.4 is 14.2 Å². The Bertz CT molecular complexity index is 753. The van der Waals surface area contributed by atoms with E-state index in [1.54, 1.807) is 25.3 Å². The summed E-state index contributed by atoms with van der Waals surface area (Å²) in [7, 11) is 3.04. The summed E-state index contributed by atoms with van der Waals surface area (Å²) in [5.74, 6) is 0.0827.